The fraction of sp³-hybridized carbons (Fsp3) is 0.190. The highest BCUT2D eigenvalue weighted by Gasteiger charge is 2.40. The van der Waals surface area contributed by atoms with E-state index in [4.69, 9.17) is 0 Å². The molecule has 6 nitrogen and oxygen atoms in total. The molecule has 1 aliphatic heterocycles. The van der Waals surface area contributed by atoms with Crippen LogP contribution in [0.4, 0.5) is 14.9 Å². The molecule has 0 aliphatic carbocycles. The van der Waals surface area contributed by atoms with Crippen molar-refractivity contribution in [1.82, 2.24) is 9.88 Å². The highest BCUT2D eigenvalue weighted by atomic mass is 19.1. The minimum Gasteiger partial charge on any atom is -0.465 e. The second-order valence-electron chi connectivity index (χ2n) is 6.84. The van der Waals surface area contributed by atoms with Gasteiger partial charge in [-0.3, -0.25) is 9.78 Å². The van der Waals surface area contributed by atoms with Crippen LogP contribution in [0.25, 0.3) is 10.8 Å². The Balaban J connectivity index is 1.63. The van der Waals surface area contributed by atoms with Gasteiger partial charge in [0.05, 0.1) is 5.92 Å². The summed E-state index contributed by atoms with van der Waals surface area (Å²) in [5, 5.41) is 14.1. The SMILES string of the molecule is O=C(Nc1cccc2cnccc12)[C@H]1CN(C(=O)O)C[C@@H]1c1ccc(F)cc1. The Bertz CT molecular complexity index is 1030. The first-order chi connectivity index (χ1) is 13.5. The van der Waals surface area contributed by atoms with Gasteiger partial charge < -0.3 is 15.3 Å². The van der Waals surface area contributed by atoms with E-state index in [0.717, 1.165) is 16.3 Å². The van der Waals surface area contributed by atoms with Crippen molar-refractivity contribution in [2.24, 2.45) is 5.92 Å². The third kappa shape index (κ3) is 3.38. The number of benzene rings is 2. The molecule has 2 amide bonds. The van der Waals surface area contributed by atoms with Crippen LogP contribution >= 0.6 is 0 Å². The number of nitrogens with zero attached hydrogens (tertiary/aromatic N) is 2. The average Bonchev–Trinajstić information content (AvgIpc) is 3.15. The summed E-state index contributed by atoms with van der Waals surface area (Å²) in [4.78, 5) is 29.8. The number of anilines is 1. The summed E-state index contributed by atoms with van der Waals surface area (Å²) in [5.41, 5.74) is 1.39. The summed E-state index contributed by atoms with van der Waals surface area (Å²) in [5.74, 6) is -1.54. The predicted octanol–water partition coefficient (Wildman–Crippen LogP) is 3.71. The molecule has 2 aromatic carbocycles. The molecular weight excluding hydrogens is 361 g/mol. The predicted molar refractivity (Wildman–Crippen MR) is 103 cm³/mol. The molecule has 1 saturated heterocycles. The lowest BCUT2D eigenvalue weighted by atomic mass is 9.88. The number of pyridine rings is 1. The first-order valence-corrected chi connectivity index (χ1v) is 8.90. The van der Waals surface area contributed by atoms with E-state index in [9.17, 15) is 19.1 Å². The zero-order valence-corrected chi connectivity index (χ0v) is 14.9. The van der Waals surface area contributed by atoms with Crippen LogP contribution in [0.5, 0.6) is 0 Å². The van der Waals surface area contributed by atoms with Gasteiger partial charge in [-0.25, -0.2) is 9.18 Å². The smallest absolute Gasteiger partial charge is 0.407 e. The molecule has 0 saturated carbocycles. The van der Waals surface area contributed by atoms with Crippen LogP contribution in [-0.4, -0.2) is 40.1 Å². The number of halogens is 1. The van der Waals surface area contributed by atoms with Crippen LogP contribution < -0.4 is 5.32 Å². The van der Waals surface area contributed by atoms with Gasteiger partial charge in [-0.15, -0.1) is 0 Å². The molecule has 1 aromatic heterocycles. The van der Waals surface area contributed by atoms with Crippen molar-refractivity contribution in [1.29, 1.82) is 0 Å². The van der Waals surface area contributed by atoms with Crippen LogP contribution in [0.2, 0.25) is 0 Å². The lowest BCUT2D eigenvalue weighted by Crippen LogP contribution is -2.30. The van der Waals surface area contributed by atoms with Crippen molar-refractivity contribution in [2.45, 2.75) is 5.92 Å². The molecular formula is C21H18FN3O3. The van der Waals surface area contributed by atoms with E-state index >= 15 is 0 Å². The van der Waals surface area contributed by atoms with Crippen molar-refractivity contribution in [3.8, 4) is 0 Å². The number of carboxylic acid groups (broad SMARTS) is 1. The third-order valence-electron chi connectivity index (χ3n) is 5.16. The zero-order valence-electron chi connectivity index (χ0n) is 14.9. The summed E-state index contributed by atoms with van der Waals surface area (Å²) in [6.07, 6.45) is 2.30. The van der Waals surface area contributed by atoms with Gasteiger partial charge in [-0.2, -0.15) is 0 Å². The Morgan fingerprint density at radius 3 is 2.64 bits per heavy atom. The topological polar surface area (TPSA) is 82.5 Å². The van der Waals surface area contributed by atoms with Crippen molar-refractivity contribution < 1.29 is 19.1 Å². The molecule has 0 bridgehead atoms. The summed E-state index contributed by atoms with van der Waals surface area (Å²) >= 11 is 0. The number of fused-ring (bicyclic) bond motifs is 1. The van der Waals surface area contributed by atoms with Gasteiger partial charge >= 0.3 is 6.09 Å². The van der Waals surface area contributed by atoms with E-state index in [0.29, 0.717) is 5.69 Å². The molecule has 2 atom stereocenters. The normalized spacial score (nSPS) is 19.0. The first kappa shape index (κ1) is 17.9. The largest absolute Gasteiger partial charge is 0.465 e. The molecule has 3 aromatic rings. The molecule has 0 radical (unpaired) electrons. The zero-order chi connectivity index (χ0) is 19.7. The van der Waals surface area contributed by atoms with Crippen LogP contribution in [0, 0.1) is 11.7 Å². The molecule has 1 aliphatic rings. The number of aromatic nitrogens is 1. The first-order valence-electron chi connectivity index (χ1n) is 8.90. The summed E-state index contributed by atoms with van der Waals surface area (Å²) in [6.45, 7) is 0.286. The molecule has 2 heterocycles. The molecule has 0 unspecified atom stereocenters. The molecule has 0 spiro atoms. The maximum atomic E-state index is 13.3. The third-order valence-corrected chi connectivity index (χ3v) is 5.16. The van der Waals surface area contributed by atoms with Gasteiger partial charge in [0.15, 0.2) is 0 Å². The van der Waals surface area contributed by atoms with Crippen LogP contribution in [0.15, 0.2) is 60.9 Å². The van der Waals surface area contributed by atoms with Crippen LogP contribution in [0.1, 0.15) is 11.5 Å². The maximum absolute atomic E-state index is 13.3. The number of likely N-dealkylation sites (tertiary alicyclic amines) is 1. The standard InChI is InChI=1S/C21H18FN3O3/c22-15-6-4-13(5-7-15)17-11-25(21(27)28)12-18(17)20(26)24-19-3-1-2-14-10-23-9-8-16(14)19/h1-10,17-18H,11-12H2,(H,24,26)(H,27,28)/t17-,18+/m1/s1. The number of hydrogen-bond donors (Lipinski definition) is 2. The lowest BCUT2D eigenvalue weighted by molar-refractivity contribution is -0.119. The van der Waals surface area contributed by atoms with Crippen LogP contribution in [0.3, 0.4) is 0 Å². The average molecular weight is 379 g/mol. The Morgan fingerprint density at radius 2 is 1.89 bits per heavy atom. The van der Waals surface area contributed by atoms with Gasteiger partial charge in [0.25, 0.3) is 0 Å². The minimum absolute atomic E-state index is 0.0928. The fourth-order valence-electron chi connectivity index (χ4n) is 3.73. The van der Waals surface area contributed by atoms with Gasteiger partial charge in [-0.05, 0) is 29.8 Å². The molecule has 1 fully saturated rings. The number of amides is 2. The van der Waals surface area contributed by atoms with E-state index < -0.39 is 12.0 Å². The van der Waals surface area contributed by atoms with Crippen molar-refractivity contribution in [3.05, 3.63) is 72.3 Å². The fourth-order valence-corrected chi connectivity index (χ4v) is 3.73. The molecule has 4 rings (SSSR count). The summed E-state index contributed by atoms with van der Waals surface area (Å²) in [7, 11) is 0. The second kappa shape index (κ2) is 7.26. The number of carbonyl (C=O) groups is 2. The van der Waals surface area contributed by atoms with E-state index in [1.807, 2.05) is 18.2 Å². The Labute approximate surface area is 160 Å². The maximum Gasteiger partial charge on any atom is 0.407 e. The van der Waals surface area contributed by atoms with Crippen molar-refractivity contribution in [3.63, 3.8) is 0 Å². The Hall–Kier alpha value is -3.48. The number of nitrogens with one attached hydrogen (secondary N) is 1. The van der Waals surface area contributed by atoms with E-state index in [1.165, 1.54) is 17.0 Å². The highest BCUT2D eigenvalue weighted by Crippen LogP contribution is 2.34. The quantitative estimate of drug-likeness (QED) is 0.727. The highest BCUT2D eigenvalue weighted by molar-refractivity contribution is 6.03. The number of carbonyl (C=O) groups excluding carboxylic acids is 1. The Kier molecular flexibility index (Phi) is 4.65. The van der Waals surface area contributed by atoms with Gasteiger partial charge in [-0.1, -0.05) is 24.3 Å². The summed E-state index contributed by atoms with van der Waals surface area (Å²) < 4.78 is 13.3. The minimum atomic E-state index is -1.07. The second-order valence-corrected chi connectivity index (χ2v) is 6.84. The van der Waals surface area contributed by atoms with Gasteiger partial charge in [0.1, 0.15) is 5.82 Å². The van der Waals surface area contributed by atoms with Crippen LogP contribution in [-0.2, 0) is 4.79 Å². The monoisotopic (exact) mass is 379 g/mol. The number of hydrogen-bond acceptors (Lipinski definition) is 3. The van der Waals surface area contributed by atoms with Crippen molar-refractivity contribution in [2.75, 3.05) is 18.4 Å². The van der Waals surface area contributed by atoms with E-state index in [1.54, 1.807) is 30.6 Å². The number of rotatable bonds is 3. The van der Waals surface area contributed by atoms with Crippen molar-refractivity contribution >= 4 is 28.5 Å². The molecule has 2 N–H and O–H groups in total. The van der Waals surface area contributed by atoms with Gasteiger partial charge in [0, 0.05) is 47.9 Å². The lowest BCUT2D eigenvalue weighted by Gasteiger charge is -2.18. The van der Waals surface area contributed by atoms with Gasteiger partial charge in [0.2, 0.25) is 5.91 Å². The molecule has 142 valence electrons. The summed E-state index contributed by atoms with van der Waals surface area (Å²) in [6, 6.07) is 13.2. The molecule has 7 heteroatoms. The van der Waals surface area contributed by atoms with E-state index in [-0.39, 0.29) is 30.7 Å². The van der Waals surface area contributed by atoms with E-state index in [2.05, 4.69) is 10.3 Å². The molecule has 28 heavy (non-hydrogen) atoms. The Morgan fingerprint density at radius 1 is 1.11 bits per heavy atom.